The lowest BCUT2D eigenvalue weighted by molar-refractivity contribution is -0.358. The largest absolute Gasteiger partial charge is 0.439 e. The molecule has 1 aliphatic rings. The summed E-state index contributed by atoms with van der Waals surface area (Å²) in [5.41, 5.74) is 2.53. The van der Waals surface area contributed by atoms with Crippen LogP contribution in [0.3, 0.4) is 0 Å². The molecule has 0 aromatic heterocycles. The zero-order valence-corrected chi connectivity index (χ0v) is 6.22. The normalized spacial score (nSPS) is 24.1. The van der Waals surface area contributed by atoms with Crippen molar-refractivity contribution >= 4 is 10.4 Å². The minimum absolute atomic E-state index is 0.607. The highest BCUT2D eigenvalue weighted by molar-refractivity contribution is 7.82. The highest BCUT2D eigenvalue weighted by Crippen LogP contribution is 2.12. The lowest BCUT2D eigenvalue weighted by Crippen LogP contribution is -2.50. The van der Waals surface area contributed by atoms with Crippen LogP contribution in [0.5, 0.6) is 0 Å². The van der Waals surface area contributed by atoms with E-state index in [9.17, 15) is 8.42 Å². The summed E-state index contributed by atoms with van der Waals surface area (Å²) in [6, 6.07) is 0. The first-order chi connectivity index (χ1) is 4.64. The zero-order valence-electron chi connectivity index (χ0n) is 5.40. The number of rotatable bonds is 3. The van der Waals surface area contributed by atoms with Gasteiger partial charge in [-0.2, -0.15) is 8.42 Å². The molecule has 0 atom stereocenters. The lowest BCUT2D eigenvalue weighted by atomic mass is 10.5. The molecule has 0 saturated carbocycles. The van der Waals surface area contributed by atoms with Gasteiger partial charge in [-0.15, -0.1) is 8.57 Å². The van der Waals surface area contributed by atoms with Crippen molar-refractivity contribution < 1.29 is 17.0 Å². The second-order valence-electron chi connectivity index (χ2n) is 1.72. The van der Waals surface area contributed by atoms with Gasteiger partial charge in [-0.1, -0.05) is 6.92 Å². The van der Waals surface area contributed by atoms with Gasteiger partial charge in [-0.25, -0.2) is 5.43 Å². The highest BCUT2D eigenvalue weighted by atomic mass is 32.3. The van der Waals surface area contributed by atoms with Gasteiger partial charge >= 0.3 is 10.4 Å². The maximum absolute atomic E-state index is 10.1. The molecular formula is C3H8N2O4S. The molecule has 0 radical (unpaired) electrons. The highest BCUT2D eigenvalue weighted by Gasteiger charge is 2.34. The summed E-state index contributed by atoms with van der Waals surface area (Å²) in [7, 11) is -3.70. The average Bonchev–Trinajstić information content (AvgIpc) is 1.78. The van der Waals surface area contributed by atoms with Gasteiger partial charge < -0.3 is 0 Å². The van der Waals surface area contributed by atoms with Crippen molar-refractivity contribution in [2.24, 2.45) is 0 Å². The predicted molar refractivity (Wildman–Crippen MR) is 31.2 cm³/mol. The Morgan fingerprint density at radius 2 is 2.10 bits per heavy atom. The average molecular weight is 168 g/mol. The topological polar surface area (TPSA) is 67.9 Å². The van der Waals surface area contributed by atoms with E-state index in [-0.39, 0.29) is 0 Å². The molecule has 0 spiro atoms. The molecule has 60 valence electrons. The number of hydrogen-bond donors (Lipinski definition) is 1. The van der Waals surface area contributed by atoms with E-state index in [1.807, 2.05) is 6.92 Å². The van der Waals surface area contributed by atoms with E-state index >= 15 is 0 Å². The molecule has 6 nitrogen and oxygen atoms in total. The van der Waals surface area contributed by atoms with Crippen LogP contribution in [0.4, 0.5) is 0 Å². The standard InChI is InChI=1S/C3H8N2O4S/c1-2-3-4-5-8-10(6,7)9-5/h4H,2-3H2,1H3. The molecule has 1 saturated heterocycles. The SMILES string of the molecule is CCCNN1OS(=O)(=O)O1. The molecule has 0 aliphatic carbocycles. The Hall–Kier alpha value is -0.210. The zero-order chi connectivity index (χ0) is 7.61. The molecule has 1 N–H and O–H groups in total. The third-order valence-corrected chi connectivity index (χ3v) is 1.44. The molecular weight excluding hydrogens is 160 g/mol. The summed E-state index contributed by atoms with van der Waals surface area (Å²) in [6.45, 7) is 2.54. The molecule has 0 amide bonds. The Bertz CT molecular complexity index is 189. The van der Waals surface area contributed by atoms with Gasteiger partial charge in [0.1, 0.15) is 0 Å². The lowest BCUT2D eigenvalue weighted by Gasteiger charge is -2.25. The Balaban J connectivity index is 2.15. The number of nitrogens with zero attached hydrogens (tertiary/aromatic N) is 1. The summed E-state index contributed by atoms with van der Waals surface area (Å²) in [6.07, 6.45) is 0.864. The van der Waals surface area contributed by atoms with Gasteiger partial charge in [-0.3, -0.25) is 0 Å². The van der Waals surface area contributed by atoms with E-state index in [0.717, 1.165) is 6.42 Å². The second kappa shape index (κ2) is 2.81. The third kappa shape index (κ3) is 1.89. The molecule has 0 aromatic rings. The molecule has 1 rings (SSSR count). The van der Waals surface area contributed by atoms with Crippen LogP contribution in [0.2, 0.25) is 0 Å². The van der Waals surface area contributed by atoms with Crippen molar-refractivity contribution in [1.29, 1.82) is 0 Å². The van der Waals surface area contributed by atoms with Gasteiger partial charge in [0, 0.05) is 11.9 Å². The first kappa shape index (κ1) is 7.89. The number of nitrogens with one attached hydrogen (secondary N) is 1. The van der Waals surface area contributed by atoms with Crippen molar-refractivity contribution in [3.63, 3.8) is 0 Å². The van der Waals surface area contributed by atoms with E-state index in [1.165, 1.54) is 0 Å². The van der Waals surface area contributed by atoms with Gasteiger partial charge in [0.2, 0.25) is 0 Å². The Morgan fingerprint density at radius 1 is 1.50 bits per heavy atom. The molecule has 10 heavy (non-hydrogen) atoms. The fourth-order valence-electron chi connectivity index (χ4n) is 0.427. The predicted octanol–water partition coefficient (Wildman–Crippen LogP) is -0.675. The van der Waals surface area contributed by atoms with E-state index in [1.54, 1.807) is 0 Å². The summed E-state index contributed by atoms with van der Waals surface area (Å²) in [4.78, 5) is 0. The second-order valence-corrected chi connectivity index (χ2v) is 2.84. The Morgan fingerprint density at radius 3 is 2.50 bits per heavy atom. The maximum atomic E-state index is 10.1. The monoisotopic (exact) mass is 168 g/mol. The summed E-state index contributed by atoms with van der Waals surface area (Å²) >= 11 is 0. The minimum Gasteiger partial charge on any atom is -0.204 e. The number of hydrazine groups is 1. The van der Waals surface area contributed by atoms with Gasteiger partial charge in [-0.05, 0) is 6.42 Å². The first-order valence-corrected chi connectivity index (χ1v) is 4.15. The summed E-state index contributed by atoms with van der Waals surface area (Å²) in [5, 5.41) is 0.707. The summed E-state index contributed by atoms with van der Waals surface area (Å²) in [5.74, 6) is 0. The van der Waals surface area contributed by atoms with E-state index in [0.29, 0.717) is 11.9 Å². The van der Waals surface area contributed by atoms with Crippen LogP contribution in [0.15, 0.2) is 0 Å². The van der Waals surface area contributed by atoms with E-state index in [2.05, 4.69) is 14.0 Å². The Labute approximate surface area is 58.9 Å². The van der Waals surface area contributed by atoms with Crippen molar-refractivity contribution in [3.05, 3.63) is 0 Å². The fourth-order valence-corrected chi connectivity index (χ4v) is 0.875. The van der Waals surface area contributed by atoms with Crippen LogP contribution in [-0.2, 0) is 19.0 Å². The molecule has 1 aliphatic heterocycles. The van der Waals surface area contributed by atoms with Crippen LogP contribution < -0.4 is 5.43 Å². The Kier molecular flexibility index (Phi) is 2.21. The molecule has 1 heterocycles. The van der Waals surface area contributed by atoms with Gasteiger partial charge in [0.25, 0.3) is 0 Å². The molecule has 0 unspecified atom stereocenters. The van der Waals surface area contributed by atoms with E-state index in [4.69, 9.17) is 0 Å². The van der Waals surface area contributed by atoms with Crippen LogP contribution >= 0.6 is 0 Å². The van der Waals surface area contributed by atoms with Crippen molar-refractivity contribution in [1.82, 2.24) is 10.8 Å². The maximum Gasteiger partial charge on any atom is 0.439 e. The molecule has 0 aromatic carbocycles. The van der Waals surface area contributed by atoms with Crippen LogP contribution in [-0.4, -0.2) is 20.3 Å². The van der Waals surface area contributed by atoms with Crippen molar-refractivity contribution in [2.45, 2.75) is 13.3 Å². The molecule has 1 fully saturated rings. The van der Waals surface area contributed by atoms with Crippen molar-refractivity contribution in [3.8, 4) is 0 Å². The van der Waals surface area contributed by atoms with E-state index < -0.39 is 10.4 Å². The quantitative estimate of drug-likeness (QED) is 0.602. The summed E-state index contributed by atoms with van der Waals surface area (Å²) < 4.78 is 28.5. The van der Waals surface area contributed by atoms with Crippen LogP contribution in [0.25, 0.3) is 0 Å². The fraction of sp³-hybridized carbons (Fsp3) is 1.00. The van der Waals surface area contributed by atoms with Gasteiger partial charge in [0.15, 0.2) is 0 Å². The van der Waals surface area contributed by atoms with Crippen LogP contribution in [0, 0.1) is 0 Å². The number of hydrogen-bond acceptors (Lipinski definition) is 6. The first-order valence-electron chi connectivity index (χ1n) is 2.82. The minimum atomic E-state index is -3.70. The smallest absolute Gasteiger partial charge is 0.204 e. The van der Waals surface area contributed by atoms with Crippen molar-refractivity contribution in [2.75, 3.05) is 6.54 Å². The van der Waals surface area contributed by atoms with Gasteiger partial charge in [0.05, 0.1) is 0 Å². The molecule has 0 bridgehead atoms. The van der Waals surface area contributed by atoms with Crippen LogP contribution in [0.1, 0.15) is 13.3 Å². The molecule has 7 heteroatoms. The third-order valence-electron chi connectivity index (χ3n) is 0.809.